The fourth-order valence-electron chi connectivity index (χ4n) is 3.93. The molecule has 0 saturated carbocycles. The number of rotatable bonds is 7. The van der Waals surface area contributed by atoms with Gasteiger partial charge in [-0.3, -0.25) is 14.5 Å². The van der Waals surface area contributed by atoms with E-state index in [4.69, 9.17) is 0 Å². The van der Waals surface area contributed by atoms with Crippen LogP contribution in [0.4, 0.5) is 5.69 Å². The fourth-order valence-corrected chi connectivity index (χ4v) is 4.59. The van der Waals surface area contributed by atoms with Gasteiger partial charge in [-0.25, -0.2) is 0 Å². The second kappa shape index (κ2) is 10.1. The van der Waals surface area contributed by atoms with Crippen LogP contribution in [0.5, 0.6) is 0 Å². The molecule has 1 atom stereocenters. The summed E-state index contributed by atoms with van der Waals surface area (Å²) in [6.45, 7) is 7.05. The van der Waals surface area contributed by atoms with Gasteiger partial charge in [-0.05, 0) is 76.7 Å². The van der Waals surface area contributed by atoms with Crippen LogP contribution in [0.25, 0.3) is 0 Å². The topological polar surface area (TPSA) is 61.4 Å². The zero-order chi connectivity index (χ0) is 22.5. The molecule has 0 bridgehead atoms. The quantitative estimate of drug-likeness (QED) is 0.528. The molecule has 2 amide bonds. The molecule has 0 radical (unpaired) electrons. The molecular formula is C26H29N3O2S. The van der Waals surface area contributed by atoms with E-state index in [1.54, 1.807) is 35.6 Å². The molecule has 0 aliphatic carbocycles. The molecule has 1 aliphatic heterocycles. The number of nitrogens with zero attached hydrogens (tertiary/aromatic N) is 1. The van der Waals surface area contributed by atoms with Crippen molar-refractivity contribution in [3.05, 3.63) is 87.6 Å². The second-order valence-electron chi connectivity index (χ2n) is 8.63. The number of amides is 2. The summed E-state index contributed by atoms with van der Waals surface area (Å²) in [6, 6.07) is 17.0. The molecule has 5 nitrogen and oxygen atoms in total. The van der Waals surface area contributed by atoms with E-state index in [0.717, 1.165) is 31.7 Å². The number of hydrogen-bond acceptors (Lipinski definition) is 4. The Kier molecular flexibility index (Phi) is 7.02. The van der Waals surface area contributed by atoms with Crippen molar-refractivity contribution in [2.75, 3.05) is 18.4 Å². The van der Waals surface area contributed by atoms with Gasteiger partial charge in [0.2, 0.25) is 0 Å². The highest BCUT2D eigenvalue weighted by Crippen LogP contribution is 2.18. The van der Waals surface area contributed by atoms with Gasteiger partial charge < -0.3 is 10.6 Å². The first kappa shape index (κ1) is 22.2. The lowest BCUT2D eigenvalue weighted by Crippen LogP contribution is -2.37. The lowest BCUT2D eigenvalue weighted by atomic mass is 10.0. The van der Waals surface area contributed by atoms with Crippen molar-refractivity contribution in [2.45, 2.75) is 38.8 Å². The predicted molar refractivity (Wildman–Crippen MR) is 130 cm³/mol. The van der Waals surface area contributed by atoms with Gasteiger partial charge in [-0.15, -0.1) is 0 Å². The SMILES string of the molecule is CC(C)c1ccc(NC(=O)c2ccc(C(=O)NC3CCN(Cc4ccsc4)C3)cc2)cc1. The minimum atomic E-state index is -0.186. The maximum Gasteiger partial charge on any atom is 0.255 e. The number of benzene rings is 2. The third-order valence-electron chi connectivity index (χ3n) is 5.84. The van der Waals surface area contributed by atoms with Crippen LogP contribution in [0, 0.1) is 0 Å². The van der Waals surface area contributed by atoms with Gasteiger partial charge in [0.1, 0.15) is 0 Å². The number of carbonyl (C=O) groups is 2. The number of likely N-dealkylation sites (tertiary alicyclic amines) is 1. The highest BCUT2D eigenvalue weighted by atomic mass is 32.1. The molecule has 6 heteroatoms. The Morgan fingerprint density at radius 3 is 2.31 bits per heavy atom. The van der Waals surface area contributed by atoms with Crippen LogP contribution in [-0.4, -0.2) is 35.8 Å². The average Bonchev–Trinajstić information content (AvgIpc) is 3.46. The standard InChI is InChI=1S/C26H29N3O2S/c1-18(2)20-7-9-23(10-8-20)27-25(30)21-3-5-22(6-4-21)26(31)28-24-11-13-29(16-24)15-19-12-14-32-17-19/h3-10,12,14,17-18,24H,11,13,15-16H2,1-2H3,(H,27,30)(H,28,31). The number of carbonyl (C=O) groups excluding carboxylic acids is 2. The molecule has 1 unspecified atom stereocenters. The maximum absolute atomic E-state index is 12.7. The molecule has 2 aromatic carbocycles. The first-order valence-corrected chi connectivity index (χ1v) is 12.0. The summed E-state index contributed by atoms with van der Waals surface area (Å²) in [4.78, 5) is 27.6. The van der Waals surface area contributed by atoms with E-state index in [9.17, 15) is 9.59 Å². The van der Waals surface area contributed by atoms with E-state index >= 15 is 0 Å². The second-order valence-corrected chi connectivity index (χ2v) is 9.41. The summed E-state index contributed by atoms with van der Waals surface area (Å²) < 4.78 is 0. The zero-order valence-electron chi connectivity index (χ0n) is 18.5. The van der Waals surface area contributed by atoms with Gasteiger partial charge in [-0.2, -0.15) is 11.3 Å². The lowest BCUT2D eigenvalue weighted by molar-refractivity contribution is 0.0936. The van der Waals surface area contributed by atoms with Crippen molar-refractivity contribution in [1.82, 2.24) is 10.2 Å². The molecule has 1 saturated heterocycles. The summed E-state index contributed by atoms with van der Waals surface area (Å²) in [5.74, 6) is 0.171. The Bertz CT molecular complexity index is 1040. The van der Waals surface area contributed by atoms with Crippen molar-refractivity contribution >= 4 is 28.8 Å². The largest absolute Gasteiger partial charge is 0.348 e. The van der Waals surface area contributed by atoms with Gasteiger partial charge in [-0.1, -0.05) is 26.0 Å². The Hall–Kier alpha value is -2.96. The number of thiophene rings is 1. The molecule has 166 valence electrons. The van der Waals surface area contributed by atoms with Gasteiger partial charge in [0.15, 0.2) is 0 Å². The van der Waals surface area contributed by atoms with Crippen LogP contribution in [-0.2, 0) is 6.54 Å². The Balaban J connectivity index is 1.29. The molecule has 3 aromatic rings. The molecule has 2 N–H and O–H groups in total. The van der Waals surface area contributed by atoms with E-state index in [1.165, 1.54) is 11.1 Å². The van der Waals surface area contributed by atoms with E-state index in [0.29, 0.717) is 17.0 Å². The molecule has 2 heterocycles. The Morgan fingerprint density at radius 2 is 1.69 bits per heavy atom. The zero-order valence-corrected chi connectivity index (χ0v) is 19.3. The van der Waals surface area contributed by atoms with Crippen LogP contribution < -0.4 is 10.6 Å². The monoisotopic (exact) mass is 447 g/mol. The maximum atomic E-state index is 12.7. The number of anilines is 1. The van der Waals surface area contributed by atoms with Gasteiger partial charge >= 0.3 is 0 Å². The Morgan fingerprint density at radius 1 is 1.00 bits per heavy atom. The normalized spacial score (nSPS) is 16.3. The molecule has 32 heavy (non-hydrogen) atoms. The highest BCUT2D eigenvalue weighted by molar-refractivity contribution is 7.07. The molecule has 1 aliphatic rings. The van der Waals surface area contributed by atoms with Crippen LogP contribution >= 0.6 is 11.3 Å². The number of nitrogens with one attached hydrogen (secondary N) is 2. The molecule has 1 aromatic heterocycles. The Labute approximate surface area is 193 Å². The van der Waals surface area contributed by atoms with Gasteiger partial charge in [0, 0.05) is 42.5 Å². The molecule has 0 spiro atoms. The first-order valence-electron chi connectivity index (χ1n) is 11.0. The molecule has 1 fully saturated rings. The smallest absolute Gasteiger partial charge is 0.255 e. The summed E-state index contributed by atoms with van der Waals surface area (Å²) in [6.07, 6.45) is 0.950. The highest BCUT2D eigenvalue weighted by Gasteiger charge is 2.24. The van der Waals surface area contributed by atoms with Gasteiger partial charge in [0.25, 0.3) is 11.8 Å². The van der Waals surface area contributed by atoms with E-state index in [1.807, 2.05) is 24.3 Å². The minimum Gasteiger partial charge on any atom is -0.348 e. The summed E-state index contributed by atoms with van der Waals surface area (Å²) >= 11 is 1.71. The van der Waals surface area contributed by atoms with Crippen molar-refractivity contribution < 1.29 is 9.59 Å². The van der Waals surface area contributed by atoms with Crippen LogP contribution in [0.15, 0.2) is 65.4 Å². The predicted octanol–water partition coefficient (Wildman–Crippen LogP) is 5.13. The van der Waals surface area contributed by atoms with E-state index in [-0.39, 0.29) is 17.9 Å². The van der Waals surface area contributed by atoms with Crippen LogP contribution in [0.2, 0.25) is 0 Å². The van der Waals surface area contributed by atoms with Crippen molar-refractivity contribution in [1.29, 1.82) is 0 Å². The van der Waals surface area contributed by atoms with Crippen molar-refractivity contribution in [3.63, 3.8) is 0 Å². The summed E-state index contributed by atoms with van der Waals surface area (Å²) in [7, 11) is 0. The van der Waals surface area contributed by atoms with Crippen LogP contribution in [0.3, 0.4) is 0 Å². The fraction of sp³-hybridized carbons (Fsp3) is 0.308. The first-order chi connectivity index (χ1) is 15.5. The molecular weight excluding hydrogens is 418 g/mol. The number of hydrogen-bond donors (Lipinski definition) is 2. The molecule has 4 rings (SSSR count). The van der Waals surface area contributed by atoms with Gasteiger partial charge in [0.05, 0.1) is 0 Å². The third-order valence-corrected chi connectivity index (χ3v) is 6.57. The van der Waals surface area contributed by atoms with E-state index < -0.39 is 0 Å². The van der Waals surface area contributed by atoms with Crippen LogP contribution in [0.1, 0.15) is 58.0 Å². The van der Waals surface area contributed by atoms with E-state index in [2.05, 4.69) is 46.2 Å². The van der Waals surface area contributed by atoms with Crippen molar-refractivity contribution in [2.24, 2.45) is 0 Å². The van der Waals surface area contributed by atoms with Crippen molar-refractivity contribution in [3.8, 4) is 0 Å². The lowest BCUT2D eigenvalue weighted by Gasteiger charge is -2.16. The minimum absolute atomic E-state index is 0.0939. The summed E-state index contributed by atoms with van der Waals surface area (Å²) in [5, 5.41) is 10.3. The average molecular weight is 448 g/mol. The third kappa shape index (κ3) is 5.64. The summed E-state index contributed by atoms with van der Waals surface area (Å²) in [5.41, 5.74) is 4.41.